The van der Waals surface area contributed by atoms with Crippen LogP contribution in [0.4, 0.5) is 5.69 Å². The zero-order chi connectivity index (χ0) is 12.0. The number of nitrogens with one attached hydrogen (secondary N) is 1. The van der Waals surface area contributed by atoms with Gasteiger partial charge in [0.05, 0.1) is 11.0 Å². The molecule has 0 heterocycles. The van der Waals surface area contributed by atoms with Gasteiger partial charge in [0, 0.05) is 31.1 Å². The van der Waals surface area contributed by atoms with Crippen LogP contribution >= 0.6 is 0 Å². The van der Waals surface area contributed by atoms with Crippen LogP contribution in [-0.2, 0) is 6.54 Å². The van der Waals surface area contributed by atoms with Crippen LogP contribution in [0.5, 0.6) is 0 Å². The number of aryl methyl sites for hydroxylation is 1. The third-order valence-corrected chi connectivity index (χ3v) is 2.21. The highest BCUT2D eigenvalue weighted by molar-refractivity contribution is 5.42. The lowest BCUT2D eigenvalue weighted by atomic mass is 10.1. The van der Waals surface area contributed by atoms with Gasteiger partial charge < -0.3 is 5.32 Å². The number of hydrogen-bond donors (Lipinski definition) is 1. The highest BCUT2D eigenvalue weighted by atomic mass is 16.6. The highest BCUT2D eigenvalue weighted by Gasteiger charge is 2.10. The zero-order valence-electron chi connectivity index (χ0n) is 9.06. The third kappa shape index (κ3) is 3.33. The zero-order valence-corrected chi connectivity index (χ0v) is 9.06. The van der Waals surface area contributed by atoms with E-state index in [2.05, 4.69) is 5.32 Å². The van der Waals surface area contributed by atoms with Crippen molar-refractivity contribution in [2.75, 3.05) is 6.54 Å². The monoisotopic (exact) mass is 219 g/mol. The minimum Gasteiger partial charge on any atom is -0.312 e. The largest absolute Gasteiger partial charge is 0.312 e. The Labute approximate surface area is 93.9 Å². The van der Waals surface area contributed by atoms with E-state index in [0.29, 0.717) is 25.1 Å². The van der Waals surface area contributed by atoms with Gasteiger partial charge in [0.1, 0.15) is 0 Å². The Morgan fingerprint density at radius 1 is 1.56 bits per heavy atom. The first-order valence-corrected chi connectivity index (χ1v) is 4.96. The van der Waals surface area contributed by atoms with Gasteiger partial charge >= 0.3 is 0 Å². The summed E-state index contributed by atoms with van der Waals surface area (Å²) in [5, 5.41) is 22.1. The van der Waals surface area contributed by atoms with Gasteiger partial charge in [-0.2, -0.15) is 5.26 Å². The van der Waals surface area contributed by atoms with Gasteiger partial charge in [-0.3, -0.25) is 10.1 Å². The fraction of sp³-hybridized carbons (Fsp3) is 0.364. The van der Waals surface area contributed by atoms with Crippen LogP contribution in [0.3, 0.4) is 0 Å². The van der Waals surface area contributed by atoms with Crippen molar-refractivity contribution in [1.82, 2.24) is 5.32 Å². The summed E-state index contributed by atoms with van der Waals surface area (Å²) < 4.78 is 0. The molecule has 84 valence electrons. The van der Waals surface area contributed by atoms with E-state index in [0.717, 1.165) is 5.56 Å². The van der Waals surface area contributed by atoms with Crippen molar-refractivity contribution in [3.8, 4) is 6.07 Å². The summed E-state index contributed by atoms with van der Waals surface area (Å²) in [6.45, 7) is 2.85. The Kier molecular flexibility index (Phi) is 4.42. The summed E-state index contributed by atoms with van der Waals surface area (Å²) in [5.74, 6) is 0. The van der Waals surface area contributed by atoms with Crippen LogP contribution in [0.2, 0.25) is 0 Å². The molecule has 0 aromatic heterocycles. The maximum atomic E-state index is 10.7. The molecule has 0 aliphatic rings. The molecule has 0 amide bonds. The molecule has 0 fully saturated rings. The van der Waals surface area contributed by atoms with E-state index in [1.165, 1.54) is 0 Å². The molecule has 1 rings (SSSR count). The van der Waals surface area contributed by atoms with E-state index >= 15 is 0 Å². The summed E-state index contributed by atoms with van der Waals surface area (Å²) in [6, 6.07) is 7.17. The molecule has 0 bridgehead atoms. The lowest BCUT2D eigenvalue weighted by molar-refractivity contribution is -0.385. The SMILES string of the molecule is Cc1ccc(CNCCC#N)cc1[N+](=O)[O-]. The third-order valence-electron chi connectivity index (χ3n) is 2.21. The molecule has 0 spiro atoms. The van der Waals surface area contributed by atoms with E-state index in [-0.39, 0.29) is 10.6 Å². The second-order valence-electron chi connectivity index (χ2n) is 3.46. The normalized spacial score (nSPS) is 9.75. The maximum absolute atomic E-state index is 10.7. The topological polar surface area (TPSA) is 79.0 Å². The number of nitrogens with zero attached hydrogens (tertiary/aromatic N) is 2. The Hall–Kier alpha value is -1.93. The average molecular weight is 219 g/mol. The molecule has 5 nitrogen and oxygen atoms in total. The standard InChI is InChI=1S/C11H13N3O2/c1-9-3-4-10(7-11(9)14(15)16)8-13-6-2-5-12/h3-4,7,13H,2,6,8H2,1H3. The number of nitro groups is 1. The first-order valence-electron chi connectivity index (χ1n) is 4.96. The summed E-state index contributed by atoms with van der Waals surface area (Å²) in [7, 11) is 0. The number of rotatable bonds is 5. The summed E-state index contributed by atoms with van der Waals surface area (Å²) in [5.41, 5.74) is 1.65. The Bertz CT molecular complexity index is 424. The van der Waals surface area contributed by atoms with Crippen molar-refractivity contribution in [3.05, 3.63) is 39.4 Å². The Morgan fingerprint density at radius 2 is 2.31 bits per heavy atom. The van der Waals surface area contributed by atoms with Gasteiger partial charge in [-0.1, -0.05) is 12.1 Å². The van der Waals surface area contributed by atoms with Crippen LogP contribution in [0.15, 0.2) is 18.2 Å². The predicted molar refractivity (Wildman–Crippen MR) is 59.8 cm³/mol. The smallest absolute Gasteiger partial charge is 0.272 e. The van der Waals surface area contributed by atoms with Gasteiger partial charge in [-0.25, -0.2) is 0 Å². The molecule has 5 heteroatoms. The molecule has 16 heavy (non-hydrogen) atoms. The van der Waals surface area contributed by atoms with E-state index in [4.69, 9.17) is 5.26 Å². The molecule has 1 aromatic rings. The van der Waals surface area contributed by atoms with Crippen LogP contribution < -0.4 is 5.32 Å². The lowest BCUT2D eigenvalue weighted by Gasteiger charge is -2.03. The van der Waals surface area contributed by atoms with Gasteiger partial charge in [0.2, 0.25) is 0 Å². The molecule has 0 aliphatic carbocycles. The van der Waals surface area contributed by atoms with Gasteiger partial charge in [-0.15, -0.1) is 0 Å². The van der Waals surface area contributed by atoms with Crippen molar-refractivity contribution in [2.45, 2.75) is 19.9 Å². The number of nitro benzene ring substituents is 1. The second kappa shape index (κ2) is 5.83. The molecule has 0 saturated carbocycles. The molecule has 0 unspecified atom stereocenters. The Balaban J connectivity index is 2.65. The van der Waals surface area contributed by atoms with Crippen LogP contribution in [0, 0.1) is 28.4 Å². The first-order chi connectivity index (χ1) is 7.65. The fourth-order valence-corrected chi connectivity index (χ4v) is 1.34. The van der Waals surface area contributed by atoms with E-state index in [1.807, 2.05) is 12.1 Å². The molecule has 0 radical (unpaired) electrons. The molecular weight excluding hydrogens is 206 g/mol. The fourth-order valence-electron chi connectivity index (χ4n) is 1.34. The maximum Gasteiger partial charge on any atom is 0.272 e. The Morgan fingerprint density at radius 3 is 2.94 bits per heavy atom. The van der Waals surface area contributed by atoms with E-state index in [9.17, 15) is 10.1 Å². The first kappa shape index (κ1) is 12.1. The van der Waals surface area contributed by atoms with Gasteiger partial charge in [0.15, 0.2) is 0 Å². The molecule has 0 atom stereocenters. The van der Waals surface area contributed by atoms with E-state index < -0.39 is 0 Å². The summed E-state index contributed by atoms with van der Waals surface area (Å²) in [4.78, 5) is 10.3. The van der Waals surface area contributed by atoms with Crippen molar-refractivity contribution in [1.29, 1.82) is 5.26 Å². The van der Waals surface area contributed by atoms with Crippen LogP contribution in [0.1, 0.15) is 17.5 Å². The molecule has 0 saturated heterocycles. The van der Waals surface area contributed by atoms with E-state index in [1.54, 1.807) is 19.1 Å². The van der Waals surface area contributed by atoms with Crippen LogP contribution in [-0.4, -0.2) is 11.5 Å². The van der Waals surface area contributed by atoms with Gasteiger partial charge in [0.25, 0.3) is 5.69 Å². The number of benzene rings is 1. The second-order valence-corrected chi connectivity index (χ2v) is 3.46. The predicted octanol–water partition coefficient (Wildman–Crippen LogP) is 1.91. The number of nitriles is 1. The average Bonchev–Trinajstić information content (AvgIpc) is 2.26. The molecule has 0 aliphatic heterocycles. The van der Waals surface area contributed by atoms with Gasteiger partial charge in [-0.05, 0) is 12.5 Å². The molecule has 1 N–H and O–H groups in total. The van der Waals surface area contributed by atoms with Crippen LogP contribution in [0.25, 0.3) is 0 Å². The van der Waals surface area contributed by atoms with Crippen molar-refractivity contribution >= 4 is 5.69 Å². The molecule has 1 aromatic carbocycles. The van der Waals surface area contributed by atoms with Crippen molar-refractivity contribution in [2.24, 2.45) is 0 Å². The summed E-state index contributed by atoms with van der Waals surface area (Å²) >= 11 is 0. The number of hydrogen-bond acceptors (Lipinski definition) is 4. The minimum absolute atomic E-state index is 0.139. The summed E-state index contributed by atoms with van der Waals surface area (Å²) in [6.07, 6.45) is 0.438. The van der Waals surface area contributed by atoms with Crippen molar-refractivity contribution in [3.63, 3.8) is 0 Å². The highest BCUT2D eigenvalue weighted by Crippen LogP contribution is 2.18. The minimum atomic E-state index is -0.381. The lowest BCUT2D eigenvalue weighted by Crippen LogP contribution is -2.14. The molecular formula is C11H13N3O2. The quantitative estimate of drug-likeness (QED) is 0.466. The van der Waals surface area contributed by atoms with Crippen molar-refractivity contribution < 1.29 is 4.92 Å².